The van der Waals surface area contributed by atoms with Gasteiger partial charge in [0.1, 0.15) is 0 Å². The van der Waals surface area contributed by atoms with E-state index in [1.54, 1.807) is 14.0 Å². The highest BCUT2D eigenvalue weighted by molar-refractivity contribution is 5.73. The van der Waals surface area contributed by atoms with E-state index in [2.05, 4.69) is 24.1 Å². The lowest BCUT2D eigenvalue weighted by molar-refractivity contribution is -0.120. The number of ether oxygens (including phenoxy) is 1. The number of carbonyl (C=O) groups excluding carboxylic acids is 1. The number of hydrogen-bond donors (Lipinski definition) is 1. The summed E-state index contributed by atoms with van der Waals surface area (Å²) in [6, 6.07) is 0.764. The molecule has 1 rings (SSSR count). The molecule has 1 fully saturated rings. The molecule has 4 nitrogen and oxygen atoms in total. The first kappa shape index (κ1) is 14.5. The zero-order chi connectivity index (χ0) is 12.8. The fraction of sp³-hybridized carbons (Fsp3) is 0.923. The summed E-state index contributed by atoms with van der Waals surface area (Å²) in [6.07, 6.45) is 2.44. The molecule has 2 atom stereocenters. The van der Waals surface area contributed by atoms with Gasteiger partial charge in [-0.2, -0.15) is 0 Å². The van der Waals surface area contributed by atoms with Gasteiger partial charge in [0.25, 0.3) is 0 Å². The number of nitrogens with one attached hydrogen (secondary N) is 1. The van der Waals surface area contributed by atoms with E-state index in [9.17, 15) is 4.79 Å². The van der Waals surface area contributed by atoms with Crippen LogP contribution in [0.2, 0.25) is 0 Å². The van der Waals surface area contributed by atoms with Crippen LogP contribution < -0.4 is 5.32 Å². The minimum Gasteiger partial charge on any atom is -0.383 e. The lowest BCUT2D eigenvalue weighted by Crippen LogP contribution is -2.48. The number of hydrogen-bond acceptors (Lipinski definition) is 3. The topological polar surface area (TPSA) is 41.6 Å². The summed E-state index contributed by atoms with van der Waals surface area (Å²) in [5.74, 6) is 0.522. The molecule has 0 aromatic rings. The van der Waals surface area contributed by atoms with Gasteiger partial charge in [-0.25, -0.2) is 0 Å². The Morgan fingerprint density at radius 1 is 1.59 bits per heavy atom. The Hall–Kier alpha value is -0.610. The van der Waals surface area contributed by atoms with Crippen molar-refractivity contribution in [2.24, 2.45) is 5.92 Å². The van der Waals surface area contributed by atoms with Crippen LogP contribution in [0.3, 0.4) is 0 Å². The summed E-state index contributed by atoms with van der Waals surface area (Å²) in [6.45, 7) is 8.75. The van der Waals surface area contributed by atoms with E-state index in [-0.39, 0.29) is 13.4 Å². The molecule has 1 amide bonds. The first-order valence-electron chi connectivity index (χ1n) is 6.54. The Kier molecular flexibility index (Phi) is 5.92. The van der Waals surface area contributed by atoms with Crippen LogP contribution >= 0.6 is 0 Å². The molecule has 0 saturated carbocycles. The molecular formula is C13H28N2O2. The molecule has 17 heavy (non-hydrogen) atoms. The number of carbonyl (C=O) groups is 1. The molecule has 4 heteroatoms. The fourth-order valence-corrected chi connectivity index (χ4v) is 2.45. The second-order valence-electron chi connectivity index (χ2n) is 5.30. The van der Waals surface area contributed by atoms with Crippen molar-refractivity contribution in [3.05, 3.63) is 0 Å². The lowest BCUT2D eigenvalue weighted by atomic mass is 10.0. The Balaban J connectivity index is 0.00000289. The van der Waals surface area contributed by atoms with E-state index in [1.807, 2.05) is 0 Å². The van der Waals surface area contributed by atoms with Crippen molar-refractivity contribution >= 4 is 5.91 Å². The average Bonchev–Trinajstić information content (AvgIpc) is 2.64. The van der Waals surface area contributed by atoms with E-state index < -0.39 is 0 Å². The molecule has 1 aliphatic heterocycles. The SMILES string of the molecule is COCC1CCCN1C[C@H](NC(C)=O)C(C)C.[HH]. The predicted octanol–water partition coefficient (Wildman–Crippen LogP) is 1.50. The third-order valence-corrected chi connectivity index (χ3v) is 3.48. The number of methoxy groups -OCH3 is 1. The van der Waals surface area contributed by atoms with Crippen molar-refractivity contribution < 1.29 is 11.0 Å². The summed E-state index contributed by atoms with van der Waals surface area (Å²) in [7, 11) is 1.75. The van der Waals surface area contributed by atoms with Gasteiger partial charge < -0.3 is 10.1 Å². The van der Waals surface area contributed by atoms with Gasteiger partial charge in [0, 0.05) is 34.1 Å². The van der Waals surface area contributed by atoms with Gasteiger partial charge in [-0.05, 0) is 25.3 Å². The minimum absolute atomic E-state index is 0. The van der Waals surface area contributed by atoms with E-state index in [4.69, 9.17) is 4.74 Å². The van der Waals surface area contributed by atoms with Gasteiger partial charge in [0.2, 0.25) is 5.91 Å². The molecule has 0 aromatic carbocycles. The standard InChI is InChI=1S/C13H26N2O2.H2/c1-10(2)13(14-11(3)16)8-15-7-5-6-12(15)9-17-4;/h10,12-13H,5-9H2,1-4H3,(H,14,16);1H/t12?,13-;/m0./s1. The Morgan fingerprint density at radius 3 is 2.82 bits per heavy atom. The molecule has 0 aromatic heterocycles. The molecule has 0 bridgehead atoms. The highest BCUT2D eigenvalue weighted by Gasteiger charge is 2.27. The van der Waals surface area contributed by atoms with Crippen molar-refractivity contribution in [3.8, 4) is 0 Å². The minimum atomic E-state index is 0. The smallest absolute Gasteiger partial charge is 0.217 e. The maximum Gasteiger partial charge on any atom is 0.217 e. The zero-order valence-corrected chi connectivity index (χ0v) is 11.5. The van der Waals surface area contributed by atoms with Crippen LogP contribution in [0.25, 0.3) is 0 Å². The summed E-state index contributed by atoms with van der Waals surface area (Å²) >= 11 is 0. The van der Waals surface area contributed by atoms with E-state index >= 15 is 0 Å². The Morgan fingerprint density at radius 2 is 2.29 bits per heavy atom. The van der Waals surface area contributed by atoms with E-state index in [0.717, 1.165) is 19.7 Å². The van der Waals surface area contributed by atoms with Crippen molar-refractivity contribution in [2.75, 3.05) is 26.8 Å². The Bertz CT molecular complexity index is 249. The summed E-state index contributed by atoms with van der Waals surface area (Å²) in [5.41, 5.74) is 0. The number of nitrogens with zero attached hydrogens (tertiary/aromatic N) is 1. The van der Waals surface area contributed by atoms with Gasteiger partial charge in [-0.3, -0.25) is 9.69 Å². The quantitative estimate of drug-likeness (QED) is 0.770. The summed E-state index contributed by atoms with van der Waals surface area (Å²) < 4.78 is 5.25. The molecule has 0 spiro atoms. The molecule has 0 aliphatic carbocycles. The van der Waals surface area contributed by atoms with Crippen LogP contribution in [0.5, 0.6) is 0 Å². The molecule has 1 N–H and O–H groups in total. The average molecular weight is 244 g/mol. The molecule has 1 aliphatic rings. The predicted molar refractivity (Wildman–Crippen MR) is 71.0 cm³/mol. The molecule has 1 unspecified atom stereocenters. The van der Waals surface area contributed by atoms with Crippen LogP contribution in [-0.2, 0) is 9.53 Å². The number of likely N-dealkylation sites (tertiary alicyclic amines) is 1. The van der Waals surface area contributed by atoms with Gasteiger partial charge in [0.05, 0.1) is 6.61 Å². The third kappa shape index (κ3) is 4.64. The second-order valence-corrected chi connectivity index (χ2v) is 5.30. The van der Waals surface area contributed by atoms with Crippen LogP contribution in [-0.4, -0.2) is 49.7 Å². The van der Waals surface area contributed by atoms with Crippen LogP contribution in [0.1, 0.15) is 35.0 Å². The van der Waals surface area contributed by atoms with Crippen LogP contribution in [0.4, 0.5) is 0 Å². The summed E-state index contributed by atoms with van der Waals surface area (Å²) in [4.78, 5) is 13.6. The molecular weight excluding hydrogens is 216 g/mol. The maximum atomic E-state index is 11.2. The normalized spacial score (nSPS) is 23.0. The zero-order valence-electron chi connectivity index (χ0n) is 11.5. The van der Waals surface area contributed by atoms with E-state index in [1.165, 1.54) is 12.8 Å². The van der Waals surface area contributed by atoms with Crippen LogP contribution in [0.15, 0.2) is 0 Å². The largest absolute Gasteiger partial charge is 0.383 e. The highest BCUT2D eigenvalue weighted by Crippen LogP contribution is 2.19. The summed E-state index contributed by atoms with van der Waals surface area (Å²) in [5, 5.41) is 3.05. The van der Waals surface area contributed by atoms with E-state index in [0.29, 0.717) is 12.0 Å². The van der Waals surface area contributed by atoms with Crippen LogP contribution in [0, 0.1) is 5.92 Å². The van der Waals surface area contributed by atoms with Crippen molar-refractivity contribution in [1.82, 2.24) is 10.2 Å². The van der Waals surface area contributed by atoms with Gasteiger partial charge in [-0.15, -0.1) is 0 Å². The fourth-order valence-electron chi connectivity index (χ4n) is 2.45. The van der Waals surface area contributed by atoms with Crippen molar-refractivity contribution in [3.63, 3.8) is 0 Å². The van der Waals surface area contributed by atoms with Gasteiger partial charge in [0.15, 0.2) is 0 Å². The maximum absolute atomic E-state index is 11.2. The number of amides is 1. The van der Waals surface area contributed by atoms with Gasteiger partial charge >= 0.3 is 0 Å². The molecule has 1 heterocycles. The first-order valence-corrected chi connectivity index (χ1v) is 6.54. The molecule has 1 saturated heterocycles. The molecule has 0 radical (unpaired) electrons. The monoisotopic (exact) mass is 244 g/mol. The highest BCUT2D eigenvalue weighted by atomic mass is 16.5. The van der Waals surface area contributed by atoms with Crippen molar-refractivity contribution in [1.29, 1.82) is 0 Å². The number of rotatable bonds is 6. The lowest BCUT2D eigenvalue weighted by Gasteiger charge is -2.30. The van der Waals surface area contributed by atoms with Crippen molar-refractivity contribution in [2.45, 2.75) is 45.7 Å². The third-order valence-electron chi connectivity index (χ3n) is 3.48. The van der Waals surface area contributed by atoms with Gasteiger partial charge in [-0.1, -0.05) is 13.8 Å². The second kappa shape index (κ2) is 6.97. The first-order chi connectivity index (χ1) is 8.04. The Labute approximate surface area is 106 Å². The molecule has 102 valence electrons.